The summed E-state index contributed by atoms with van der Waals surface area (Å²) in [7, 11) is 0. The van der Waals surface area contributed by atoms with Crippen LogP contribution in [0.5, 0.6) is 0 Å². The highest BCUT2D eigenvalue weighted by Gasteiger charge is 2.09. The van der Waals surface area contributed by atoms with Crippen LogP contribution in [-0.2, 0) is 0 Å². The normalized spacial score (nSPS) is 12.5. The highest BCUT2D eigenvalue weighted by atomic mass is 79.9. The Hall–Kier alpha value is -1.89. The van der Waals surface area contributed by atoms with Gasteiger partial charge in [-0.3, -0.25) is 0 Å². The summed E-state index contributed by atoms with van der Waals surface area (Å²) < 4.78 is 6.73. The third-order valence-corrected chi connectivity index (χ3v) is 3.70. The van der Waals surface area contributed by atoms with E-state index in [-0.39, 0.29) is 13.2 Å². The standard InChI is InChI=1S/C16H15BrN2O3/c17-11-3-1-2-10(6-11)16-19-14-7-12(4-5-15(14)22-16)18-8-13(21)9-20/h1-7,13,18,20-21H,8-9H2. The molecule has 0 aliphatic rings. The Morgan fingerprint density at radius 2 is 2.09 bits per heavy atom. The largest absolute Gasteiger partial charge is 0.436 e. The van der Waals surface area contributed by atoms with Gasteiger partial charge in [0.05, 0.1) is 12.7 Å². The Labute approximate surface area is 135 Å². The van der Waals surface area contributed by atoms with Gasteiger partial charge in [0.25, 0.3) is 0 Å². The maximum absolute atomic E-state index is 9.36. The van der Waals surface area contributed by atoms with Gasteiger partial charge in [-0.15, -0.1) is 0 Å². The Morgan fingerprint density at radius 3 is 2.86 bits per heavy atom. The molecule has 0 bridgehead atoms. The van der Waals surface area contributed by atoms with Crippen molar-refractivity contribution in [3.05, 3.63) is 46.9 Å². The van der Waals surface area contributed by atoms with Gasteiger partial charge in [-0.05, 0) is 36.4 Å². The molecule has 3 aromatic rings. The molecular weight excluding hydrogens is 348 g/mol. The van der Waals surface area contributed by atoms with Gasteiger partial charge in [0.2, 0.25) is 5.89 Å². The summed E-state index contributed by atoms with van der Waals surface area (Å²) in [6, 6.07) is 13.3. The molecule has 1 aromatic heterocycles. The van der Waals surface area contributed by atoms with Crippen LogP contribution in [0.4, 0.5) is 5.69 Å². The summed E-state index contributed by atoms with van der Waals surface area (Å²) in [5.41, 5.74) is 3.14. The van der Waals surface area contributed by atoms with Gasteiger partial charge in [-0.2, -0.15) is 0 Å². The number of aliphatic hydroxyl groups is 2. The number of oxazole rings is 1. The summed E-state index contributed by atoms with van der Waals surface area (Å²) in [6.07, 6.45) is -0.787. The molecule has 5 nitrogen and oxygen atoms in total. The van der Waals surface area contributed by atoms with Crippen molar-refractivity contribution < 1.29 is 14.6 Å². The van der Waals surface area contributed by atoms with Gasteiger partial charge in [-0.1, -0.05) is 22.0 Å². The number of aromatic nitrogens is 1. The Kier molecular flexibility index (Phi) is 4.42. The zero-order valence-electron chi connectivity index (χ0n) is 11.7. The smallest absolute Gasteiger partial charge is 0.227 e. The van der Waals surface area contributed by atoms with Crippen LogP contribution in [0.25, 0.3) is 22.6 Å². The molecule has 0 saturated heterocycles. The van der Waals surface area contributed by atoms with Crippen molar-refractivity contribution in [1.29, 1.82) is 0 Å². The van der Waals surface area contributed by atoms with Crippen LogP contribution in [0.1, 0.15) is 0 Å². The first-order valence-corrected chi connectivity index (χ1v) is 7.64. The van der Waals surface area contributed by atoms with E-state index in [1.807, 2.05) is 42.5 Å². The van der Waals surface area contributed by atoms with Crippen LogP contribution in [0.15, 0.2) is 51.4 Å². The zero-order valence-corrected chi connectivity index (χ0v) is 13.2. The lowest BCUT2D eigenvalue weighted by Crippen LogP contribution is -2.22. The molecular formula is C16H15BrN2O3. The van der Waals surface area contributed by atoms with E-state index in [1.165, 1.54) is 0 Å². The molecule has 0 amide bonds. The SMILES string of the molecule is OCC(O)CNc1ccc2oc(-c3cccc(Br)c3)nc2c1. The molecule has 22 heavy (non-hydrogen) atoms. The van der Waals surface area contributed by atoms with E-state index >= 15 is 0 Å². The van der Waals surface area contributed by atoms with Crippen LogP contribution in [-0.4, -0.2) is 34.5 Å². The summed E-state index contributed by atoms with van der Waals surface area (Å²) >= 11 is 3.43. The lowest BCUT2D eigenvalue weighted by Gasteiger charge is -2.09. The van der Waals surface area contributed by atoms with E-state index in [4.69, 9.17) is 9.52 Å². The van der Waals surface area contributed by atoms with Gasteiger partial charge in [0.1, 0.15) is 5.52 Å². The molecule has 3 N–H and O–H groups in total. The lowest BCUT2D eigenvalue weighted by molar-refractivity contribution is 0.105. The van der Waals surface area contributed by atoms with Crippen molar-refractivity contribution in [2.24, 2.45) is 0 Å². The average Bonchev–Trinajstić information content (AvgIpc) is 2.95. The maximum atomic E-state index is 9.36. The van der Waals surface area contributed by atoms with Crippen molar-refractivity contribution in [3.8, 4) is 11.5 Å². The van der Waals surface area contributed by atoms with Crippen molar-refractivity contribution in [3.63, 3.8) is 0 Å². The first kappa shape index (κ1) is 15.0. The first-order valence-electron chi connectivity index (χ1n) is 6.85. The number of hydrogen-bond donors (Lipinski definition) is 3. The van der Waals surface area contributed by atoms with Crippen LogP contribution in [0, 0.1) is 0 Å². The summed E-state index contributed by atoms with van der Waals surface area (Å²) in [5, 5.41) is 21.2. The summed E-state index contributed by atoms with van der Waals surface area (Å²) in [4.78, 5) is 4.49. The Balaban J connectivity index is 1.87. The monoisotopic (exact) mass is 362 g/mol. The molecule has 114 valence electrons. The molecule has 2 aromatic carbocycles. The molecule has 0 fully saturated rings. The number of halogens is 1. The van der Waals surface area contributed by atoms with E-state index in [2.05, 4.69) is 26.2 Å². The Bertz CT molecular complexity index is 788. The highest BCUT2D eigenvalue weighted by molar-refractivity contribution is 9.10. The Morgan fingerprint density at radius 1 is 1.23 bits per heavy atom. The predicted octanol–water partition coefficient (Wildman–Crippen LogP) is 3.02. The average molecular weight is 363 g/mol. The van der Waals surface area contributed by atoms with E-state index in [9.17, 15) is 5.11 Å². The fourth-order valence-electron chi connectivity index (χ4n) is 2.08. The third kappa shape index (κ3) is 3.30. The van der Waals surface area contributed by atoms with E-state index in [0.29, 0.717) is 11.5 Å². The van der Waals surface area contributed by atoms with Crippen LogP contribution >= 0.6 is 15.9 Å². The minimum atomic E-state index is -0.787. The molecule has 0 saturated carbocycles. The number of hydrogen-bond acceptors (Lipinski definition) is 5. The fourth-order valence-corrected chi connectivity index (χ4v) is 2.48. The van der Waals surface area contributed by atoms with Crippen LogP contribution in [0.2, 0.25) is 0 Å². The number of nitrogens with zero attached hydrogens (tertiary/aromatic N) is 1. The second-order valence-electron chi connectivity index (χ2n) is 4.93. The van der Waals surface area contributed by atoms with Crippen molar-refractivity contribution >= 4 is 32.7 Å². The minimum absolute atomic E-state index is 0.272. The highest BCUT2D eigenvalue weighted by Crippen LogP contribution is 2.27. The van der Waals surface area contributed by atoms with E-state index in [1.54, 1.807) is 0 Å². The second kappa shape index (κ2) is 6.48. The van der Waals surface area contributed by atoms with Gasteiger partial charge >= 0.3 is 0 Å². The minimum Gasteiger partial charge on any atom is -0.436 e. The van der Waals surface area contributed by atoms with Crippen molar-refractivity contribution in [2.75, 3.05) is 18.5 Å². The summed E-state index contributed by atoms with van der Waals surface area (Å²) in [5.74, 6) is 0.559. The number of fused-ring (bicyclic) bond motifs is 1. The van der Waals surface area contributed by atoms with E-state index < -0.39 is 6.10 Å². The number of rotatable bonds is 5. The summed E-state index contributed by atoms with van der Waals surface area (Å²) in [6.45, 7) is 0.00455. The quantitative estimate of drug-likeness (QED) is 0.650. The number of benzene rings is 2. The van der Waals surface area contributed by atoms with E-state index in [0.717, 1.165) is 21.2 Å². The van der Waals surface area contributed by atoms with Gasteiger partial charge in [0, 0.05) is 22.3 Å². The van der Waals surface area contributed by atoms with Gasteiger partial charge in [0.15, 0.2) is 5.58 Å². The molecule has 0 aliphatic heterocycles. The van der Waals surface area contributed by atoms with Crippen molar-refractivity contribution in [2.45, 2.75) is 6.10 Å². The maximum Gasteiger partial charge on any atom is 0.227 e. The van der Waals surface area contributed by atoms with Gasteiger partial charge in [-0.25, -0.2) is 4.98 Å². The number of nitrogens with one attached hydrogen (secondary N) is 1. The van der Waals surface area contributed by atoms with Gasteiger partial charge < -0.3 is 19.9 Å². The molecule has 3 rings (SSSR count). The second-order valence-corrected chi connectivity index (χ2v) is 5.84. The molecule has 1 atom stereocenters. The van der Waals surface area contributed by atoms with Crippen LogP contribution < -0.4 is 5.32 Å². The van der Waals surface area contributed by atoms with Crippen molar-refractivity contribution in [1.82, 2.24) is 4.98 Å². The predicted molar refractivity (Wildman–Crippen MR) is 88.7 cm³/mol. The lowest BCUT2D eigenvalue weighted by atomic mass is 10.2. The molecule has 0 radical (unpaired) electrons. The topological polar surface area (TPSA) is 78.5 Å². The zero-order chi connectivity index (χ0) is 15.5. The van der Waals surface area contributed by atoms with Crippen LogP contribution in [0.3, 0.4) is 0 Å². The molecule has 0 aliphatic carbocycles. The molecule has 0 spiro atoms. The first-order chi connectivity index (χ1) is 10.7. The molecule has 1 unspecified atom stereocenters. The number of anilines is 1. The fraction of sp³-hybridized carbons (Fsp3) is 0.188. The molecule has 1 heterocycles. The molecule has 6 heteroatoms. The third-order valence-electron chi connectivity index (χ3n) is 3.21. The number of aliphatic hydroxyl groups excluding tert-OH is 2.